The number of aryl methyl sites for hydroxylation is 2. The van der Waals surface area contributed by atoms with Gasteiger partial charge in [-0.25, -0.2) is 9.37 Å². The summed E-state index contributed by atoms with van der Waals surface area (Å²) in [7, 11) is 0. The Hall–Kier alpha value is -3.20. The molecule has 2 aromatic heterocycles. The van der Waals surface area contributed by atoms with Crippen LogP contribution in [-0.2, 0) is 4.79 Å². The molecular weight excluding hydrogens is 421 g/mol. The van der Waals surface area contributed by atoms with Crippen LogP contribution in [0.3, 0.4) is 0 Å². The second kappa shape index (κ2) is 8.89. The molecule has 162 valence electrons. The minimum atomic E-state index is -0.380. The number of benzene rings is 1. The first kappa shape index (κ1) is 21.0. The van der Waals surface area contributed by atoms with Gasteiger partial charge in [-0.15, -0.1) is 0 Å². The molecule has 0 atom stereocenters. The molecule has 0 bridgehead atoms. The lowest BCUT2D eigenvalue weighted by atomic mass is 9.86. The minimum Gasteiger partial charge on any atom is -0.345 e. The highest BCUT2D eigenvalue weighted by atomic mass is 35.5. The number of nitrogens with one attached hydrogen (secondary N) is 3. The lowest BCUT2D eigenvalue weighted by Gasteiger charge is -2.30. The molecule has 3 N–H and O–H groups in total. The highest BCUT2D eigenvalue weighted by molar-refractivity contribution is 6.32. The Labute approximate surface area is 184 Å². The molecule has 0 aliphatic carbocycles. The molecule has 1 amide bonds. The zero-order chi connectivity index (χ0) is 22.0. The van der Waals surface area contributed by atoms with Crippen molar-refractivity contribution in [1.29, 1.82) is 0 Å². The fourth-order valence-electron chi connectivity index (χ4n) is 3.79. The molecule has 0 saturated carbocycles. The van der Waals surface area contributed by atoms with Gasteiger partial charge in [0.15, 0.2) is 11.6 Å². The third-order valence-corrected chi connectivity index (χ3v) is 5.69. The molecule has 1 saturated heterocycles. The fraction of sp³-hybridized carbons (Fsp3) is 0.333. The molecule has 3 heterocycles. The number of nitrogens with zero attached hydrogens (tertiary/aromatic N) is 4. The van der Waals surface area contributed by atoms with E-state index in [2.05, 4.69) is 30.8 Å². The zero-order valence-electron chi connectivity index (χ0n) is 17.2. The number of likely N-dealkylation sites (tertiary alicyclic amines) is 1. The Morgan fingerprint density at radius 1 is 1.23 bits per heavy atom. The number of halogens is 2. The summed E-state index contributed by atoms with van der Waals surface area (Å²) in [6.45, 7) is 5.23. The Kier molecular flexibility index (Phi) is 6.03. The highest BCUT2D eigenvalue weighted by Crippen LogP contribution is 2.33. The normalized spacial score (nSPS) is 14.5. The van der Waals surface area contributed by atoms with E-state index in [1.54, 1.807) is 17.0 Å². The van der Waals surface area contributed by atoms with E-state index in [9.17, 15) is 9.18 Å². The quantitative estimate of drug-likeness (QED) is 0.487. The van der Waals surface area contributed by atoms with Crippen LogP contribution in [0.4, 0.5) is 27.7 Å². The number of anilines is 4. The van der Waals surface area contributed by atoms with Crippen LogP contribution >= 0.6 is 11.6 Å². The molecule has 0 spiro atoms. The Bertz CT molecular complexity index is 1100. The number of H-pyrrole nitrogens is 1. The van der Waals surface area contributed by atoms with Crippen LogP contribution < -0.4 is 10.6 Å². The zero-order valence-corrected chi connectivity index (χ0v) is 18.0. The van der Waals surface area contributed by atoms with Crippen molar-refractivity contribution in [2.45, 2.75) is 32.6 Å². The van der Waals surface area contributed by atoms with Crippen molar-refractivity contribution in [3.05, 3.63) is 52.1 Å². The predicted molar refractivity (Wildman–Crippen MR) is 118 cm³/mol. The molecule has 1 aromatic carbocycles. The molecule has 1 aliphatic heterocycles. The molecule has 0 radical (unpaired) electrons. The van der Waals surface area contributed by atoms with E-state index in [0.717, 1.165) is 36.1 Å². The maximum absolute atomic E-state index is 14.9. The van der Waals surface area contributed by atoms with Crippen LogP contribution in [0, 0.1) is 19.7 Å². The van der Waals surface area contributed by atoms with Crippen molar-refractivity contribution >= 4 is 41.3 Å². The van der Waals surface area contributed by atoms with E-state index in [0.29, 0.717) is 29.7 Å². The summed E-state index contributed by atoms with van der Waals surface area (Å²) < 4.78 is 14.9. The first-order chi connectivity index (χ1) is 14.9. The first-order valence-corrected chi connectivity index (χ1v) is 10.4. The second-order valence-corrected chi connectivity index (χ2v) is 8.09. The standard InChI is InChI=1S/C21H23ClFN7O/c1-12-7-18(17(23)9-15(12)14-3-5-30(11-31)6-4-14)25-21-24-10-16(22)20(27-21)26-19-8-13(2)28-29-19/h7-11,14H,3-6H2,1-2H3,(H3,24,25,26,27,28,29). The summed E-state index contributed by atoms with van der Waals surface area (Å²) in [6, 6.07) is 5.15. The average Bonchev–Trinajstić information content (AvgIpc) is 3.17. The number of piperidine rings is 1. The highest BCUT2D eigenvalue weighted by Gasteiger charge is 2.22. The topological polar surface area (TPSA) is 98.8 Å². The van der Waals surface area contributed by atoms with Gasteiger partial charge in [-0.3, -0.25) is 9.89 Å². The second-order valence-electron chi connectivity index (χ2n) is 7.68. The molecule has 3 aromatic rings. The number of aromatic nitrogens is 4. The van der Waals surface area contributed by atoms with Crippen molar-refractivity contribution in [2.75, 3.05) is 23.7 Å². The molecule has 10 heteroatoms. The van der Waals surface area contributed by atoms with E-state index in [4.69, 9.17) is 11.6 Å². The van der Waals surface area contributed by atoms with Gasteiger partial charge in [0.1, 0.15) is 10.8 Å². The lowest BCUT2D eigenvalue weighted by Crippen LogP contribution is -2.31. The number of hydrogen-bond acceptors (Lipinski definition) is 6. The van der Waals surface area contributed by atoms with E-state index in [1.165, 1.54) is 6.20 Å². The molecule has 4 rings (SSSR count). The van der Waals surface area contributed by atoms with Gasteiger partial charge in [0, 0.05) is 24.8 Å². The van der Waals surface area contributed by atoms with E-state index < -0.39 is 0 Å². The molecule has 8 nitrogen and oxygen atoms in total. The van der Waals surface area contributed by atoms with E-state index in [-0.39, 0.29) is 23.4 Å². The van der Waals surface area contributed by atoms with Gasteiger partial charge >= 0.3 is 0 Å². The van der Waals surface area contributed by atoms with Crippen molar-refractivity contribution in [1.82, 2.24) is 25.1 Å². The summed E-state index contributed by atoms with van der Waals surface area (Å²) in [5.74, 6) is 0.996. The predicted octanol–water partition coefficient (Wildman–Crippen LogP) is 4.43. The molecule has 0 unspecified atom stereocenters. The largest absolute Gasteiger partial charge is 0.345 e. The third kappa shape index (κ3) is 4.77. The summed E-state index contributed by atoms with van der Waals surface area (Å²) in [5, 5.41) is 13.2. The monoisotopic (exact) mass is 443 g/mol. The molecular formula is C21H23ClFN7O. The first-order valence-electron chi connectivity index (χ1n) is 10.0. The van der Waals surface area contributed by atoms with Gasteiger partial charge in [-0.1, -0.05) is 11.6 Å². The Balaban J connectivity index is 1.52. The van der Waals surface area contributed by atoms with Crippen molar-refractivity contribution < 1.29 is 9.18 Å². The van der Waals surface area contributed by atoms with Gasteiger partial charge in [0.2, 0.25) is 12.4 Å². The number of amides is 1. The number of hydrogen-bond donors (Lipinski definition) is 3. The van der Waals surface area contributed by atoms with Crippen LogP contribution in [-0.4, -0.2) is 44.6 Å². The Morgan fingerprint density at radius 3 is 2.68 bits per heavy atom. The van der Waals surface area contributed by atoms with Crippen LogP contribution in [0.5, 0.6) is 0 Å². The van der Waals surface area contributed by atoms with Crippen LogP contribution in [0.2, 0.25) is 5.02 Å². The van der Waals surface area contributed by atoms with Crippen LogP contribution in [0.1, 0.15) is 35.6 Å². The van der Waals surface area contributed by atoms with Gasteiger partial charge < -0.3 is 15.5 Å². The number of aromatic amines is 1. The summed E-state index contributed by atoms with van der Waals surface area (Å²) >= 11 is 6.19. The van der Waals surface area contributed by atoms with Crippen LogP contribution in [0.15, 0.2) is 24.4 Å². The summed E-state index contributed by atoms with van der Waals surface area (Å²) in [6.07, 6.45) is 3.97. The number of rotatable bonds is 6. The smallest absolute Gasteiger partial charge is 0.229 e. The van der Waals surface area contributed by atoms with Crippen molar-refractivity contribution in [2.24, 2.45) is 0 Å². The van der Waals surface area contributed by atoms with Crippen LogP contribution in [0.25, 0.3) is 0 Å². The fourth-order valence-corrected chi connectivity index (χ4v) is 3.93. The summed E-state index contributed by atoms with van der Waals surface area (Å²) in [4.78, 5) is 21.2. The number of carbonyl (C=O) groups is 1. The van der Waals surface area contributed by atoms with E-state index >= 15 is 0 Å². The molecule has 1 aliphatic rings. The maximum atomic E-state index is 14.9. The maximum Gasteiger partial charge on any atom is 0.229 e. The van der Waals surface area contributed by atoms with E-state index in [1.807, 2.05) is 19.9 Å². The lowest BCUT2D eigenvalue weighted by molar-refractivity contribution is -0.119. The number of carbonyl (C=O) groups excluding carboxylic acids is 1. The average molecular weight is 444 g/mol. The van der Waals surface area contributed by atoms with Gasteiger partial charge in [0.25, 0.3) is 0 Å². The van der Waals surface area contributed by atoms with Crippen molar-refractivity contribution in [3.8, 4) is 0 Å². The SMILES string of the molecule is Cc1cc(Nc2nc(Nc3cc(C)c(C4CCN(C=O)CC4)cc3F)ncc2Cl)n[nH]1. The van der Waals surface area contributed by atoms with Gasteiger partial charge in [-0.05, 0) is 55.9 Å². The van der Waals surface area contributed by atoms with Gasteiger partial charge in [-0.2, -0.15) is 10.1 Å². The minimum absolute atomic E-state index is 0.212. The Morgan fingerprint density at radius 2 is 2.00 bits per heavy atom. The molecule has 31 heavy (non-hydrogen) atoms. The molecule has 1 fully saturated rings. The van der Waals surface area contributed by atoms with Crippen molar-refractivity contribution in [3.63, 3.8) is 0 Å². The summed E-state index contributed by atoms with van der Waals surface area (Å²) in [5.41, 5.74) is 3.13. The third-order valence-electron chi connectivity index (χ3n) is 5.42. The van der Waals surface area contributed by atoms with Gasteiger partial charge in [0.05, 0.1) is 11.9 Å².